The molecule has 0 saturated heterocycles. The monoisotopic (exact) mass is 332 g/mol. The van der Waals surface area contributed by atoms with E-state index in [0.29, 0.717) is 0 Å². The number of aromatic nitrogens is 2. The summed E-state index contributed by atoms with van der Waals surface area (Å²) in [6.07, 6.45) is 0. The highest BCUT2D eigenvalue weighted by Gasteiger charge is 2.11. The molecule has 126 valence electrons. The number of nitrogens with one attached hydrogen (secondary N) is 1. The number of aryl methyl sites for hydroxylation is 1. The van der Waals surface area contributed by atoms with E-state index >= 15 is 0 Å². The standard InChI is InChI=1S/C20H20N4O/c1-15-8-6-7-9-16(15)14-24(2)19-13-12-18(22-23-19)20(25)21-17-10-4-3-5-11-17/h3-13H,14H2,1-2H3,(H,21,25). The summed E-state index contributed by atoms with van der Waals surface area (Å²) in [4.78, 5) is 14.2. The summed E-state index contributed by atoms with van der Waals surface area (Å²) in [5, 5.41) is 11.0. The lowest BCUT2D eigenvalue weighted by Crippen LogP contribution is -2.20. The molecule has 1 aromatic heterocycles. The van der Waals surface area contributed by atoms with Gasteiger partial charge in [-0.3, -0.25) is 4.79 Å². The van der Waals surface area contributed by atoms with Crippen LogP contribution in [0.4, 0.5) is 11.5 Å². The number of rotatable bonds is 5. The molecule has 0 saturated carbocycles. The highest BCUT2D eigenvalue weighted by atomic mass is 16.1. The molecule has 5 nitrogen and oxygen atoms in total. The Morgan fingerprint density at radius 3 is 2.36 bits per heavy atom. The molecule has 1 amide bonds. The number of para-hydroxylation sites is 1. The molecule has 2 aromatic carbocycles. The van der Waals surface area contributed by atoms with Crippen molar-refractivity contribution in [3.63, 3.8) is 0 Å². The van der Waals surface area contributed by atoms with E-state index in [-0.39, 0.29) is 11.6 Å². The van der Waals surface area contributed by atoms with Crippen molar-refractivity contribution in [2.24, 2.45) is 0 Å². The van der Waals surface area contributed by atoms with Gasteiger partial charge in [-0.05, 0) is 42.3 Å². The molecule has 0 spiro atoms. The largest absolute Gasteiger partial charge is 0.354 e. The van der Waals surface area contributed by atoms with Gasteiger partial charge in [0.2, 0.25) is 0 Å². The Morgan fingerprint density at radius 1 is 0.960 bits per heavy atom. The number of carbonyl (C=O) groups excluding carboxylic acids is 1. The van der Waals surface area contributed by atoms with Gasteiger partial charge in [0, 0.05) is 19.3 Å². The van der Waals surface area contributed by atoms with E-state index in [2.05, 4.69) is 34.6 Å². The van der Waals surface area contributed by atoms with Crippen molar-refractivity contribution in [3.8, 4) is 0 Å². The minimum atomic E-state index is -0.271. The first-order valence-electron chi connectivity index (χ1n) is 8.09. The van der Waals surface area contributed by atoms with Crippen LogP contribution in [0.5, 0.6) is 0 Å². The van der Waals surface area contributed by atoms with Gasteiger partial charge in [-0.2, -0.15) is 0 Å². The molecule has 3 rings (SSSR count). The van der Waals surface area contributed by atoms with Crippen molar-refractivity contribution in [3.05, 3.63) is 83.6 Å². The van der Waals surface area contributed by atoms with Crippen LogP contribution in [-0.2, 0) is 6.54 Å². The van der Waals surface area contributed by atoms with Crippen molar-refractivity contribution in [1.82, 2.24) is 10.2 Å². The molecule has 1 N–H and O–H groups in total. The minimum absolute atomic E-state index is 0.271. The van der Waals surface area contributed by atoms with Gasteiger partial charge in [0.05, 0.1) is 0 Å². The second-order valence-corrected chi connectivity index (χ2v) is 5.88. The Bertz CT molecular complexity index is 847. The lowest BCUT2D eigenvalue weighted by Gasteiger charge is -2.18. The highest BCUT2D eigenvalue weighted by molar-refractivity contribution is 6.02. The molecule has 0 aliphatic rings. The smallest absolute Gasteiger partial charge is 0.276 e. The fourth-order valence-corrected chi connectivity index (χ4v) is 2.49. The summed E-state index contributed by atoms with van der Waals surface area (Å²) in [6, 6.07) is 21.0. The van der Waals surface area contributed by atoms with Crippen LogP contribution in [0.2, 0.25) is 0 Å². The van der Waals surface area contributed by atoms with E-state index in [1.54, 1.807) is 6.07 Å². The van der Waals surface area contributed by atoms with E-state index in [0.717, 1.165) is 18.1 Å². The van der Waals surface area contributed by atoms with Crippen molar-refractivity contribution in [2.45, 2.75) is 13.5 Å². The Morgan fingerprint density at radius 2 is 1.68 bits per heavy atom. The van der Waals surface area contributed by atoms with Gasteiger partial charge < -0.3 is 10.2 Å². The van der Waals surface area contributed by atoms with Crippen LogP contribution in [0.25, 0.3) is 0 Å². The number of carbonyl (C=O) groups is 1. The Hall–Kier alpha value is -3.21. The molecule has 0 aliphatic carbocycles. The molecule has 3 aromatic rings. The van der Waals surface area contributed by atoms with Gasteiger partial charge >= 0.3 is 0 Å². The Balaban J connectivity index is 1.67. The molecule has 0 bridgehead atoms. The van der Waals surface area contributed by atoms with Crippen LogP contribution < -0.4 is 10.2 Å². The Labute approximate surface area is 147 Å². The lowest BCUT2D eigenvalue weighted by molar-refractivity contribution is 0.102. The molecule has 0 radical (unpaired) electrons. The van der Waals surface area contributed by atoms with E-state index < -0.39 is 0 Å². The van der Waals surface area contributed by atoms with E-state index in [4.69, 9.17) is 0 Å². The van der Waals surface area contributed by atoms with Crippen LogP contribution in [0.3, 0.4) is 0 Å². The number of hydrogen-bond donors (Lipinski definition) is 1. The molecular formula is C20H20N4O. The first kappa shape index (κ1) is 16.6. The second kappa shape index (κ2) is 7.57. The zero-order valence-corrected chi connectivity index (χ0v) is 14.3. The number of hydrogen-bond acceptors (Lipinski definition) is 4. The average molecular weight is 332 g/mol. The molecule has 0 unspecified atom stereocenters. The van der Waals surface area contributed by atoms with Crippen LogP contribution in [0.1, 0.15) is 21.6 Å². The van der Waals surface area contributed by atoms with Crippen LogP contribution in [0, 0.1) is 6.92 Å². The Kier molecular flexibility index (Phi) is 5.04. The van der Waals surface area contributed by atoms with Gasteiger partial charge in [0.1, 0.15) is 0 Å². The van der Waals surface area contributed by atoms with Gasteiger partial charge in [-0.25, -0.2) is 0 Å². The first-order valence-corrected chi connectivity index (χ1v) is 8.09. The maximum atomic E-state index is 12.2. The summed E-state index contributed by atoms with van der Waals surface area (Å²) in [5.41, 5.74) is 3.49. The highest BCUT2D eigenvalue weighted by Crippen LogP contribution is 2.15. The molecule has 0 fully saturated rings. The van der Waals surface area contributed by atoms with Gasteiger partial charge in [0.25, 0.3) is 5.91 Å². The average Bonchev–Trinajstić information content (AvgIpc) is 2.64. The fourth-order valence-electron chi connectivity index (χ4n) is 2.49. The maximum Gasteiger partial charge on any atom is 0.276 e. The molecule has 1 heterocycles. The molecule has 25 heavy (non-hydrogen) atoms. The summed E-state index contributed by atoms with van der Waals surface area (Å²) < 4.78 is 0. The number of amides is 1. The molecule has 0 atom stereocenters. The van der Waals surface area contributed by atoms with E-state index in [1.165, 1.54) is 11.1 Å². The summed E-state index contributed by atoms with van der Waals surface area (Å²) in [6.45, 7) is 2.82. The zero-order valence-electron chi connectivity index (χ0n) is 14.3. The maximum absolute atomic E-state index is 12.2. The summed E-state index contributed by atoms with van der Waals surface area (Å²) in [7, 11) is 1.96. The minimum Gasteiger partial charge on any atom is -0.354 e. The molecular weight excluding hydrogens is 312 g/mol. The number of nitrogens with zero attached hydrogens (tertiary/aromatic N) is 3. The zero-order chi connectivity index (χ0) is 17.6. The molecule has 5 heteroatoms. The van der Waals surface area contributed by atoms with Gasteiger partial charge in [-0.1, -0.05) is 42.5 Å². The van der Waals surface area contributed by atoms with Crippen LogP contribution >= 0.6 is 0 Å². The summed E-state index contributed by atoms with van der Waals surface area (Å²) >= 11 is 0. The predicted octanol–water partition coefficient (Wildman–Crippen LogP) is 3.67. The van der Waals surface area contributed by atoms with E-state index in [9.17, 15) is 4.79 Å². The number of benzene rings is 2. The quantitative estimate of drug-likeness (QED) is 0.774. The normalized spacial score (nSPS) is 10.3. The van der Waals surface area contributed by atoms with Crippen molar-refractivity contribution >= 4 is 17.4 Å². The summed E-state index contributed by atoms with van der Waals surface area (Å²) in [5.74, 6) is 0.450. The van der Waals surface area contributed by atoms with Gasteiger partial charge in [0.15, 0.2) is 11.5 Å². The topological polar surface area (TPSA) is 58.1 Å². The van der Waals surface area contributed by atoms with Gasteiger partial charge in [-0.15, -0.1) is 10.2 Å². The number of anilines is 2. The third-order valence-corrected chi connectivity index (χ3v) is 3.97. The van der Waals surface area contributed by atoms with Crippen LogP contribution in [0.15, 0.2) is 66.7 Å². The van der Waals surface area contributed by atoms with Crippen molar-refractivity contribution in [2.75, 3.05) is 17.3 Å². The third-order valence-electron chi connectivity index (χ3n) is 3.97. The second-order valence-electron chi connectivity index (χ2n) is 5.88. The van der Waals surface area contributed by atoms with Crippen molar-refractivity contribution < 1.29 is 4.79 Å². The molecule has 0 aliphatic heterocycles. The lowest BCUT2D eigenvalue weighted by atomic mass is 10.1. The van der Waals surface area contributed by atoms with Crippen molar-refractivity contribution in [1.29, 1.82) is 0 Å². The SMILES string of the molecule is Cc1ccccc1CN(C)c1ccc(C(=O)Nc2ccccc2)nn1. The predicted molar refractivity (Wildman–Crippen MR) is 99.7 cm³/mol. The fraction of sp³-hybridized carbons (Fsp3) is 0.150. The van der Waals surface area contributed by atoms with E-state index in [1.807, 2.05) is 60.5 Å². The van der Waals surface area contributed by atoms with Crippen LogP contribution in [-0.4, -0.2) is 23.2 Å². The first-order chi connectivity index (χ1) is 12.1. The third kappa shape index (κ3) is 4.20.